The molecule has 0 radical (unpaired) electrons. The van der Waals surface area contributed by atoms with Gasteiger partial charge in [-0.25, -0.2) is 9.97 Å². The molecule has 0 aliphatic heterocycles. The zero-order chi connectivity index (χ0) is 27.1. The van der Waals surface area contributed by atoms with Gasteiger partial charge in [0.2, 0.25) is 5.88 Å². The number of benzene rings is 3. The highest BCUT2D eigenvalue weighted by Gasteiger charge is 2.32. The van der Waals surface area contributed by atoms with Gasteiger partial charge in [-0.2, -0.15) is 13.2 Å². The molecule has 4 aromatic rings. The lowest BCUT2D eigenvalue weighted by atomic mass is 9.99. The molecule has 38 heavy (non-hydrogen) atoms. The van der Waals surface area contributed by atoms with Crippen molar-refractivity contribution in [2.45, 2.75) is 32.5 Å². The van der Waals surface area contributed by atoms with Gasteiger partial charge in [-0.15, -0.1) is 0 Å². The van der Waals surface area contributed by atoms with Gasteiger partial charge in [0.25, 0.3) is 0 Å². The first-order chi connectivity index (χ1) is 18.2. The number of nitrogens with zero attached hydrogens (tertiary/aromatic N) is 2. The summed E-state index contributed by atoms with van der Waals surface area (Å²) >= 11 is 0. The van der Waals surface area contributed by atoms with Crippen LogP contribution in [0.15, 0.2) is 79.1 Å². The average Bonchev–Trinajstić information content (AvgIpc) is 2.89. The molecule has 3 aromatic carbocycles. The fraction of sp³-hybridized carbons (Fsp3) is 0.207. The van der Waals surface area contributed by atoms with Gasteiger partial charge in [0, 0.05) is 25.5 Å². The first-order valence-corrected chi connectivity index (χ1v) is 11.8. The van der Waals surface area contributed by atoms with Crippen molar-refractivity contribution in [2.75, 3.05) is 12.4 Å². The predicted octanol–water partition coefficient (Wildman–Crippen LogP) is 6.57. The molecule has 1 N–H and O–H groups in total. The maximum Gasteiger partial charge on any atom is 0.416 e. The van der Waals surface area contributed by atoms with Gasteiger partial charge >= 0.3 is 6.18 Å². The van der Waals surface area contributed by atoms with Crippen molar-refractivity contribution in [3.05, 3.63) is 107 Å². The molecule has 4 rings (SSSR count). The molecule has 196 valence electrons. The maximum absolute atomic E-state index is 13.1. The molecule has 0 saturated heterocycles. The highest BCUT2D eigenvalue weighted by molar-refractivity contribution is 5.83. The smallest absolute Gasteiger partial charge is 0.416 e. The van der Waals surface area contributed by atoms with Crippen LogP contribution in [0.25, 0.3) is 0 Å². The minimum absolute atomic E-state index is 0.0746. The fourth-order valence-corrected chi connectivity index (χ4v) is 3.83. The molecule has 0 aliphatic carbocycles. The number of Topliss-reactive ketones (excluding diaryl/α,β-unsaturated/α-hetero) is 1. The molecule has 1 heterocycles. The molecule has 6 nitrogen and oxygen atoms in total. The number of aryl methyl sites for hydroxylation is 1. The lowest BCUT2D eigenvalue weighted by Crippen LogP contribution is -2.11. The first-order valence-electron chi connectivity index (χ1n) is 11.8. The van der Waals surface area contributed by atoms with E-state index in [4.69, 9.17) is 9.47 Å². The molecule has 0 bridgehead atoms. The highest BCUT2D eigenvalue weighted by Crippen LogP contribution is 2.32. The number of aromatic nitrogens is 2. The first kappa shape index (κ1) is 26.7. The Morgan fingerprint density at radius 3 is 2.16 bits per heavy atom. The van der Waals surface area contributed by atoms with Crippen molar-refractivity contribution in [1.82, 2.24) is 9.97 Å². The van der Waals surface area contributed by atoms with Crippen molar-refractivity contribution in [1.29, 1.82) is 0 Å². The topological polar surface area (TPSA) is 73.3 Å². The van der Waals surface area contributed by atoms with Gasteiger partial charge in [-0.05, 0) is 59.5 Å². The van der Waals surface area contributed by atoms with Crippen LogP contribution in [0.1, 0.15) is 27.8 Å². The molecular formula is C29H26F3N3O3. The Kier molecular flexibility index (Phi) is 8.25. The summed E-state index contributed by atoms with van der Waals surface area (Å²) in [4.78, 5) is 20.8. The maximum atomic E-state index is 13.1. The van der Waals surface area contributed by atoms with E-state index < -0.39 is 11.7 Å². The van der Waals surface area contributed by atoms with Gasteiger partial charge in [0.15, 0.2) is 0 Å². The molecule has 9 heteroatoms. The van der Waals surface area contributed by atoms with Crippen LogP contribution in [-0.4, -0.2) is 22.9 Å². The molecule has 0 atom stereocenters. The Morgan fingerprint density at radius 2 is 1.47 bits per heavy atom. The summed E-state index contributed by atoms with van der Waals surface area (Å²) < 4.78 is 50.4. The third-order valence-electron chi connectivity index (χ3n) is 5.83. The summed E-state index contributed by atoms with van der Waals surface area (Å²) in [6, 6.07) is 20.3. The van der Waals surface area contributed by atoms with Crippen LogP contribution in [0.5, 0.6) is 17.4 Å². The molecule has 0 saturated carbocycles. The summed E-state index contributed by atoms with van der Waals surface area (Å²) in [6.45, 7) is 1.96. The fourth-order valence-electron chi connectivity index (χ4n) is 3.83. The van der Waals surface area contributed by atoms with Gasteiger partial charge in [-0.3, -0.25) is 4.79 Å². The number of anilines is 1. The largest absolute Gasteiger partial charge is 0.497 e. The lowest BCUT2D eigenvalue weighted by molar-refractivity contribution is -0.138. The Balaban J connectivity index is 1.31. The number of halogens is 3. The van der Waals surface area contributed by atoms with Crippen LogP contribution in [0.3, 0.4) is 0 Å². The number of rotatable bonds is 10. The number of hydrogen-bond donors (Lipinski definition) is 1. The summed E-state index contributed by atoms with van der Waals surface area (Å²) in [5.41, 5.74) is 1.55. The third-order valence-corrected chi connectivity index (χ3v) is 5.83. The molecule has 0 amide bonds. The van der Waals surface area contributed by atoms with Crippen LogP contribution in [-0.2, 0) is 30.4 Å². The number of nitrogens with one attached hydrogen (secondary N) is 1. The molecule has 0 spiro atoms. The quantitative estimate of drug-likeness (QED) is 0.254. The van der Waals surface area contributed by atoms with E-state index in [1.54, 1.807) is 43.5 Å². The van der Waals surface area contributed by atoms with E-state index in [1.807, 2.05) is 24.3 Å². The number of carbonyl (C=O) groups excluding carboxylic acids is 1. The lowest BCUT2D eigenvalue weighted by Gasteiger charge is -2.12. The second-order valence-electron chi connectivity index (χ2n) is 8.73. The van der Waals surface area contributed by atoms with Crippen molar-refractivity contribution >= 4 is 11.6 Å². The number of methoxy groups -OCH3 is 1. The standard InChI is InChI=1S/C29H26F3N3O3/c1-19-3-4-22(15-26(19)29(30,31)32)14-23(36)13-20-5-11-25(12-6-20)38-28-16-27(34-18-35-28)33-17-21-7-9-24(37-2)10-8-21/h3-12,15-16,18H,13-14,17H2,1-2H3,(H,33,34,35). The van der Waals surface area contributed by atoms with Gasteiger partial charge in [-0.1, -0.05) is 36.4 Å². The normalized spacial score (nSPS) is 11.2. The van der Waals surface area contributed by atoms with Crippen molar-refractivity contribution in [2.24, 2.45) is 0 Å². The van der Waals surface area contributed by atoms with Crippen molar-refractivity contribution in [3.63, 3.8) is 0 Å². The summed E-state index contributed by atoms with van der Waals surface area (Å²) in [5.74, 6) is 2.07. The van der Waals surface area contributed by atoms with Gasteiger partial charge in [0.05, 0.1) is 12.7 Å². The zero-order valence-corrected chi connectivity index (χ0v) is 20.9. The van der Waals surface area contributed by atoms with Crippen LogP contribution < -0.4 is 14.8 Å². The highest BCUT2D eigenvalue weighted by atomic mass is 19.4. The minimum Gasteiger partial charge on any atom is -0.497 e. The third kappa shape index (κ3) is 7.32. The van der Waals surface area contributed by atoms with Gasteiger partial charge < -0.3 is 14.8 Å². The van der Waals surface area contributed by atoms with E-state index in [-0.39, 0.29) is 24.2 Å². The molecule has 1 aromatic heterocycles. The van der Waals surface area contributed by atoms with E-state index in [1.165, 1.54) is 19.3 Å². The monoisotopic (exact) mass is 521 g/mol. The van der Waals surface area contributed by atoms with E-state index in [2.05, 4.69) is 15.3 Å². The van der Waals surface area contributed by atoms with E-state index in [0.29, 0.717) is 29.6 Å². The Hall–Kier alpha value is -4.40. The van der Waals surface area contributed by atoms with E-state index in [0.717, 1.165) is 22.9 Å². The van der Waals surface area contributed by atoms with Gasteiger partial charge in [0.1, 0.15) is 29.4 Å². The summed E-state index contributed by atoms with van der Waals surface area (Å²) in [5, 5.41) is 3.22. The average molecular weight is 522 g/mol. The number of carbonyl (C=O) groups is 1. The van der Waals surface area contributed by atoms with Crippen molar-refractivity contribution < 1.29 is 27.4 Å². The number of ketones is 1. The molecule has 0 fully saturated rings. The number of alkyl halides is 3. The van der Waals surface area contributed by atoms with Crippen molar-refractivity contribution in [3.8, 4) is 17.4 Å². The van der Waals surface area contributed by atoms with Crippen LogP contribution >= 0.6 is 0 Å². The van der Waals surface area contributed by atoms with E-state index in [9.17, 15) is 18.0 Å². The summed E-state index contributed by atoms with van der Waals surface area (Å²) in [7, 11) is 1.62. The van der Waals surface area contributed by atoms with Crippen LogP contribution in [0.4, 0.5) is 19.0 Å². The molecule has 0 unspecified atom stereocenters. The zero-order valence-electron chi connectivity index (χ0n) is 20.9. The molecular weight excluding hydrogens is 495 g/mol. The summed E-state index contributed by atoms with van der Waals surface area (Å²) in [6.07, 6.45) is -3.03. The van der Waals surface area contributed by atoms with Crippen LogP contribution in [0, 0.1) is 6.92 Å². The SMILES string of the molecule is COc1ccc(CNc2cc(Oc3ccc(CC(=O)Cc4ccc(C)c(C(F)(F)F)c4)cc3)ncn2)cc1. The second kappa shape index (κ2) is 11.8. The Bertz CT molecular complexity index is 1390. The van der Waals surface area contributed by atoms with Crippen LogP contribution in [0.2, 0.25) is 0 Å². The second-order valence-corrected chi connectivity index (χ2v) is 8.73. The number of hydrogen-bond acceptors (Lipinski definition) is 6. The Morgan fingerprint density at radius 1 is 0.842 bits per heavy atom. The number of ether oxygens (including phenoxy) is 2. The minimum atomic E-state index is -4.45. The van der Waals surface area contributed by atoms with E-state index >= 15 is 0 Å². The Labute approximate surface area is 218 Å². The molecule has 0 aliphatic rings. The predicted molar refractivity (Wildman–Crippen MR) is 137 cm³/mol.